The number of carbonyl (C=O) groups excluding carboxylic acids is 1. The number of hydrogen-bond acceptors (Lipinski definition) is 4. The molecule has 1 amide bonds. The molecule has 0 aromatic heterocycles. The van der Waals surface area contributed by atoms with Crippen LogP contribution in [0, 0.1) is 0 Å². The summed E-state index contributed by atoms with van der Waals surface area (Å²) in [7, 11) is 3.02. The quantitative estimate of drug-likeness (QED) is 0.712. The molecule has 0 unspecified atom stereocenters. The first kappa shape index (κ1) is 18.5. The van der Waals surface area contributed by atoms with Crippen molar-refractivity contribution in [2.45, 2.75) is 0 Å². The molecule has 0 aliphatic rings. The molecular formula is C16H14BrClN2O3S. The number of rotatable bonds is 4. The maximum absolute atomic E-state index is 12.3. The number of nitrogens with one attached hydrogen (secondary N) is 2. The van der Waals surface area contributed by atoms with Crippen LogP contribution in [0.25, 0.3) is 0 Å². The van der Waals surface area contributed by atoms with E-state index in [-0.39, 0.29) is 5.11 Å². The van der Waals surface area contributed by atoms with Crippen molar-refractivity contribution in [1.82, 2.24) is 5.32 Å². The van der Waals surface area contributed by atoms with Gasteiger partial charge in [-0.1, -0.05) is 27.5 Å². The van der Waals surface area contributed by atoms with Gasteiger partial charge >= 0.3 is 0 Å². The van der Waals surface area contributed by atoms with Crippen LogP contribution in [0.1, 0.15) is 10.4 Å². The van der Waals surface area contributed by atoms with Crippen LogP contribution in [0.3, 0.4) is 0 Å². The van der Waals surface area contributed by atoms with Crippen LogP contribution < -0.4 is 20.1 Å². The topological polar surface area (TPSA) is 59.6 Å². The minimum Gasteiger partial charge on any atom is -0.497 e. The fraction of sp³-hybridized carbons (Fsp3) is 0.125. The van der Waals surface area contributed by atoms with Crippen molar-refractivity contribution >= 4 is 56.5 Å². The van der Waals surface area contributed by atoms with Crippen LogP contribution in [-0.2, 0) is 0 Å². The van der Waals surface area contributed by atoms with Crippen molar-refractivity contribution in [1.29, 1.82) is 0 Å². The molecule has 2 aromatic rings. The number of halogens is 2. The van der Waals surface area contributed by atoms with Crippen molar-refractivity contribution in [3.05, 3.63) is 51.5 Å². The van der Waals surface area contributed by atoms with E-state index in [0.717, 1.165) is 4.47 Å². The fourth-order valence-electron chi connectivity index (χ4n) is 1.86. The minimum atomic E-state index is -0.391. The molecule has 0 heterocycles. The lowest BCUT2D eigenvalue weighted by Crippen LogP contribution is -2.34. The van der Waals surface area contributed by atoms with Crippen LogP contribution in [-0.4, -0.2) is 25.2 Å². The Hall–Kier alpha value is -1.83. The van der Waals surface area contributed by atoms with E-state index in [1.165, 1.54) is 14.2 Å². The Bertz CT molecular complexity index is 764. The second kappa shape index (κ2) is 8.32. The molecular weight excluding hydrogens is 416 g/mol. The zero-order valence-corrected chi connectivity index (χ0v) is 16.0. The van der Waals surface area contributed by atoms with Crippen molar-refractivity contribution < 1.29 is 14.3 Å². The first-order chi connectivity index (χ1) is 11.4. The summed E-state index contributed by atoms with van der Waals surface area (Å²) in [5, 5.41) is 6.08. The summed E-state index contributed by atoms with van der Waals surface area (Å²) < 4.78 is 11.1. The van der Waals surface area contributed by atoms with Gasteiger partial charge in [0.05, 0.1) is 24.9 Å². The molecule has 24 heavy (non-hydrogen) atoms. The monoisotopic (exact) mass is 428 g/mol. The summed E-state index contributed by atoms with van der Waals surface area (Å²) >= 11 is 14.6. The highest BCUT2D eigenvalue weighted by molar-refractivity contribution is 9.10. The van der Waals surface area contributed by atoms with E-state index in [1.54, 1.807) is 30.3 Å². The lowest BCUT2D eigenvalue weighted by Gasteiger charge is -2.12. The highest BCUT2D eigenvalue weighted by Crippen LogP contribution is 2.26. The predicted molar refractivity (Wildman–Crippen MR) is 102 cm³/mol. The number of anilines is 1. The molecule has 0 aliphatic heterocycles. The normalized spacial score (nSPS) is 10.0. The van der Waals surface area contributed by atoms with Gasteiger partial charge in [-0.25, -0.2) is 0 Å². The first-order valence-electron chi connectivity index (χ1n) is 6.73. The summed E-state index contributed by atoms with van der Waals surface area (Å²) in [6, 6.07) is 10.1. The lowest BCUT2D eigenvalue weighted by molar-refractivity contribution is 0.0977. The van der Waals surface area contributed by atoms with Crippen LogP contribution in [0.2, 0.25) is 5.02 Å². The zero-order valence-electron chi connectivity index (χ0n) is 12.9. The van der Waals surface area contributed by atoms with Gasteiger partial charge in [-0.15, -0.1) is 0 Å². The number of thiocarbonyl (C=S) groups is 1. The van der Waals surface area contributed by atoms with Crippen LogP contribution in [0.4, 0.5) is 5.69 Å². The Kier molecular flexibility index (Phi) is 6.42. The SMILES string of the molecule is COc1cc(OC)cc(C(=O)NC(=S)Nc2ccc(Br)cc2Cl)c1. The van der Waals surface area contributed by atoms with Crippen LogP contribution in [0.15, 0.2) is 40.9 Å². The third-order valence-corrected chi connectivity index (χ3v) is 4.03. The van der Waals surface area contributed by atoms with Crippen molar-refractivity contribution in [2.75, 3.05) is 19.5 Å². The van der Waals surface area contributed by atoms with Gasteiger partial charge in [0.1, 0.15) is 11.5 Å². The van der Waals surface area contributed by atoms with Gasteiger partial charge in [0.2, 0.25) is 0 Å². The molecule has 5 nitrogen and oxygen atoms in total. The van der Waals surface area contributed by atoms with Gasteiger partial charge in [0.25, 0.3) is 5.91 Å². The van der Waals surface area contributed by atoms with Gasteiger partial charge in [-0.2, -0.15) is 0 Å². The van der Waals surface area contributed by atoms with E-state index in [9.17, 15) is 4.79 Å². The summed E-state index contributed by atoms with van der Waals surface area (Å²) in [6.45, 7) is 0. The molecule has 126 valence electrons. The highest BCUT2D eigenvalue weighted by atomic mass is 79.9. The Morgan fingerprint density at radius 1 is 1.12 bits per heavy atom. The summed E-state index contributed by atoms with van der Waals surface area (Å²) in [6.07, 6.45) is 0. The van der Waals surface area contributed by atoms with Crippen molar-refractivity contribution in [2.24, 2.45) is 0 Å². The van der Waals surface area contributed by atoms with E-state index >= 15 is 0 Å². The molecule has 0 aliphatic carbocycles. The summed E-state index contributed by atoms with van der Waals surface area (Å²) in [5.74, 6) is 0.626. The second-order valence-corrected chi connectivity index (χ2v) is 6.36. The summed E-state index contributed by atoms with van der Waals surface area (Å²) in [5.41, 5.74) is 0.950. The molecule has 0 bridgehead atoms. The van der Waals surface area contributed by atoms with E-state index in [0.29, 0.717) is 27.8 Å². The molecule has 0 radical (unpaired) electrons. The Morgan fingerprint density at radius 3 is 2.29 bits per heavy atom. The molecule has 0 saturated heterocycles. The number of ether oxygens (including phenoxy) is 2. The molecule has 2 aromatic carbocycles. The van der Waals surface area contributed by atoms with Crippen LogP contribution in [0.5, 0.6) is 11.5 Å². The standard InChI is InChI=1S/C16H14BrClN2O3S/c1-22-11-5-9(6-12(8-11)23-2)15(21)20-16(24)19-14-4-3-10(17)7-13(14)18/h3-8H,1-2H3,(H2,19,20,21,24). The maximum Gasteiger partial charge on any atom is 0.257 e. The van der Waals surface area contributed by atoms with E-state index < -0.39 is 5.91 Å². The number of benzene rings is 2. The van der Waals surface area contributed by atoms with Crippen molar-refractivity contribution in [3.8, 4) is 11.5 Å². The smallest absolute Gasteiger partial charge is 0.257 e. The molecule has 2 rings (SSSR count). The largest absolute Gasteiger partial charge is 0.497 e. The number of amides is 1. The second-order valence-electron chi connectivity index (χ2n) is 4.63. The third kappa shape index (κ3) is 4.83. The average Bonchev–Trinajstić information content (AvgIpc) is 2.56. The van der Waals surface area contributed by atoms with Gasteiger partial charge in [-0.05, 0) is 42.5 Å². The first-order valence-corrected chi connectivity index (χ1v) is 8.31. The maximum atomic E-state index is 12.3. The average molecular weight is 430 g/mol. The Morgan fingerprint density at radius 2 is 1.75 bits per heavy atom. The lowest BCUT2D eigenvalue weighted by atomic mass is 10.2. The molecule has 0 fully saturated rings. The third-order valence-electron chi connectivity index (χ3n) is 3.02. The van der Waals surface area contributed by atoms with Gasteiger partial charge in [0, 0.05) is 16.1 Å². The fourth-order valence-corrected chi connectivity index (χ4v) is 2.78. The number of hydrogen-bond donors (Lipinski definition) is 2. The molecule has 0 saturated carbocycles. The van der Waals surface area contributed by atoms with Gasteiger partial charge in [-0.3, -0.25) is 10.1 Å². The number of carbonyl (C=O) groups is 1. The van der Waals surface area contributed by atoms with Crippen LogP contribution >= 0.6 is 39.7 Å². The molecule has 8 heteroatoms. The van der Waals surface area contributed by atoms with Crippen molar-refractivity contribution in [3.63, 3.8) is 0 Å². The highest BCUT2D eigenvalue weighted by Gasteiger charge is 2.12. The molecule has 2 N–H and O–H groups in total. The van der Waals surface area contributed by atoms with E-state index in [2.05, 4.69) is 26.6 Å². The molecule has 0 atom stereocenters. The Balaban J connectivity index is 2.10. The van der Waals surface area contributed by atoms with Gasteiger partial charge < -0.3 is 14.8 Å². The zero-order chi connectivity index (χ0) is 17.7. The summed E-state index contributed by atoms with van der Waals surface area (Å²) in [4.78, 5) is 12.3. The predicted octanol–water partition coefficient (Wildman–Crippen LogP) is 4.25. The molecule has 0 spiro atoms. The van der Waals surface area contributed by atoms with E-state index in [4.69, 9.17) is 33.3 Å². The Labute approximate surface area is 158 Å². The minimum absolute atomic E-state index is 0.131. The van der Waals surface area contributed by atoms with Gasteiger partial charge in [0.15, 0.2) is 5.11 Å². The number of methoxy groups -OCH3 is 2. The van der Waals surface area contributed by atoms with E-state index in [1.807, 2.05) is 6.07 Å².